The van der Waals surface area contributed by atoms with Gasteiger partial charge in [-0.2, -0.15) is 0 Å². The van der Waals surface area contributed by atoms with Gasteiger partial charge in [-0.1, -0.05) is 6.07 Å². The number of aromatic nitrogens is 1. The number of nitrogens with two attached hydrogens (primary N) is 1. The summed E-state index contributed by atoms with van der Waals surface area (Å²) in [5, 5.41) is 5.42. The minimum Gasteiger partial charge on any atom is -0.395 e. The number of hydrogen-bond acceptors (Lipinski definition) is 5. The molecule has 0 fully saturated rings. The number of hydrogen-bond donors (Lipinski definition) is 2. The van der Waals surface area contributed by atoms with Gasteiger partial charge in [-0.25, -0.2) is 4.98 Å². The van der Waals surface area contributed by atoms with Crippen molar-refractivity contribution in [2.75, 3.05) is 11.1 Å². The first-order valence-electron chi connectivity index (χ1n) is 5.22. The van der Waals surface area contributed by atoms with Crippen molar-refractivity contribution < 1.29 is 0 Å². The van der Waals surface area contributed by atoms with Gasteiger partial charge in [-0.15, -0.1) is 22.7 Å². The molecule has 1 aromatic carbocycles. The third kappa shape index (κ3) is 1.99. The second-order valence-electron chi connectivity index (χ2n) is 3.66. The SMILES string of the molecule is Nc1c(NCc2cccs2)ccc2scnc12. The maximum atomic E-state index is 6.09. The predicted octanol–water partition coefficient (Wildman–Crippen LogP) is 3.55. The molecule has 3 aromatic rings. The summed E-state index contributed by atoms with van der Waals surface area (Å²) in [4.78, 5) is 5.57. The Balaban J connectivity index is 1.87. The zero-order chi connectivity index (χ0) is 11.7. The van der Waals surface area contributed by atoms with Crippen LogP contribution in [-0.4, -0.2) is 4.98 Å². The van der Waals surface area contributed by atoms with Crippen LogP contribution in [-0.2, 0) is 6.54 Å². The average Bonchev–Trinajstić information content (AvgIpc) is 2.99. The molecule has 0 aliphatic rings. The van der Waals surface area contributed by atoms with Gasteiger partial charge in [0.2, 0.25) is 0 Å². The lowest BCUT2D eigenvalue weighted by Gasteiger charge is -2.08. The topological polar surface area (TPSA) is 50.9 Å². The highest BCUT2D eigenvalue weighted by atomic mass is 32.1. The predicted molar refractivity (Wildman–Crippen MR) is 75.7 cm³/mol. The van der Waals surface area contributed by atoms with Crippen molar-refractivity contribution in [1.82, 2.24) is 4.98 Å². The molecule has 0 aliphatic carbocycles. The van der Waals surface area contributed by atoms with Crippen molar-refractivity contribution >= 4 is 44.3 Å². The van der Waals surface area contributed by atoms with Gasteiger partial charge in [-0.3, -0.25) is 0 Å². The molecule has 0 aliphatic heterocycles. The average molecular weight is 261 g/mol. The van der Waals surface area contributed by atoms with Crippen molar-refractivity contribution in [1.29, 1.82) is 0 Å². The lowest BCUT2D eigenvalue weighted by Crippen LogP contribution is -2.01. The highest BCUT2D eigenvalue weighted by molar-refractivity contribution is 7.16. The van der Waals surface area contributed by atoms with Gasteiger partial charge in [0, 0.05) is 11.4 Å². The molecular formula is C12H11N3S2. The summed E-state index contributed by atoms with van der Waals surface area (Å²) in [5.74, 6) is 0. The normalized spacial score (nSPS) is 10.8. The molecule has 0 spiro atoms. The number of thiazole rings is 1. The highest BCUT2D eigenvalue weighted by Crippen LogP contribution is 2.30. The van der Waals surface area contributed by atoms with Gasteiger partial charge >= 0.3 is 0 Å². The molecule has 3 nitrogen and oxygen atoms in total. The molecule has 0 atom stereocenters. The van der Waals surface area contributed by atoms with Crippen LogP contribution in [0.1, 0.15) is 4.88 Å². The standard InChI is InChI=1S/C12H11N3S2/c13-11-9(14-6-8-2-1-5-16-8)3-4-10-12(11)15-7-17-10/h1-5,7,14H,6,13H2. The van der Waals surface area contributed by atoms with E-state index in [2.05, 4.69) is 33.9 Å². The molecule has 3 rings (SSSR count). The number of benzene rings is 1. The quantitative estimate of drug-likeness (QED) is 0.709. The number of rotatable bonds is 3. The molecule has 0 saturated carbocycles. The summed E-state index contributed by atoms with van der Waals surface area (Å²) in [6.45, 7) is 0.803. The van der Waals surface area contributed by atoms with Gasteiger partial charge in [-0.05, 0) is 23.6 Å². The maximum absolute atomic E-state index is 6.09. The van der Waals surface area contributed by atoms with Crippen molar-refractivity contribution in [2.24, 2.45) is 0 Å². The first-order chi connectivity index (χ1) is 8.34. The van der Waals surface area contributed by atoms with Crippen LogP contribution in [0.5, 0.6) is 0 Å². The van der Waals surface area contributed by atoms with Gasteiger partial charge < -0.3 is 11.1 Å². The van der Waals surface area contributed by atoms with Crippen LogP contribution in [0.25, 0.3) is 10.2 Å². The van der Waals surface area contributed by atoms with Crippen LogP contribution in [0.3, 0.4) is 0 Å². The summed E-state index contributed by atoms with van der Waals surface area (Å²) in [5.41, 5.74) is 10.5. The minimum absolute atomic E-state index is 0.736. The number of nitrogens with one attached hydrogen (secondary N) is 1. The lowest BCUT2D eigenvalue weighted by molar-refractivity contribution is 1.20. The molecule has 3 N–H and O–H groups in total. The Bertz CT molecular complexity index is 628. The van der Waals surface area contributed by atoms with E-state index >= 15 is 0 Å². The van der Waals surface area contributed by atoms with Crippen molar-refractivity contribution in [3.8, 4) is 0 Å². The Morgan fingerprint density at radius 1 is 1.24 bits per heavy atom. The Hall–Kier alpha value is -1.59. The molecule has 0 saturated heterocycles. The summed E-state index contributed by atoms with van der Waals surface area (Å²) in [6.07, 6.45) is 0. The van der Waals surface area contributed by atoms with E-state index in [0.717, 1.165) is 28.1 Å². The van der Waals surface area contributed by atoms with Crippen molar-refractivity contribution in [3.05, 3.63) is 40.0 Å². The van der Waals surface area contributed by atoms with E-state index in [1.165, 1.54) is 4.88 Å². The largest absolute Gasteiger partial charge is 0.395 e. The van der Waals surface area contributed by atoms with E-state index in [1.54, 1.807) is 22.7 Å². The van der Waals surface area contributed by atoms with Gasteiger partial charge in [0.1, 0.15) is 5.52 Å². The summed E-state index contributed by atoms with van der Waals surface area (Å²) >= 11 is 3.35. The Morgan fingerprint density at radius 2 is 2.18 bits per heavy atom. The smallest absolute Gasteiger partial charge is 0.106 e. The first-order valence-corrected chi connectivity index (χ1v) is 6.98. The Kier molecular flexibility index (Phi) is 2.70. The highest BCUT2D eigenvalue weighted by Gasteiger charge is 2.06. The molecular weight excluding hydrogens is 250 g/mol. The molecule has 2 aromatic heterocycles. The summed E-state index contributed by atoms with van der Waals surface area (Å²) in [6, 6.07) is 8.23. The maximum Gasteiger partial charge on any atom is 0.106 e. The van der Waals surface area contributed by atoms with Crippen LogP contribution in [0.4, 0.5) is 11.4 Å². The Labute approximate surface area is 107 Å². The Morgan fingerprint density at radius 3 is 3.00 bits per heavy atom. The number of thiophene rings is 1. The van der Waals surface area contributed by atoms with Crippen LogP contribution in [0.15, 0.2) is 35.2 Å². The molecule has 86 valence electrons. The van der Waals surface area contributed by atoms with Gasteiger partial charge in [0.15, 0.2) is 0 Å². The molecule has 5 heteroatoms. The van der Waals surface area contributed by atoms with Crippen molar-refractivity contribution in [2.45, 2.75) is 6.54 Å². The summed E-state index contributed by atoms with van der Waals surface area (Å²) < 4.78 is 1.13. The monoisotopic (exact) mass is 261 g/mol. The first kappa shape index (κ1) is 10.6. The van der Waals surface area contributed by atoms with Crippen LogP contribution >= 0.6 is 22.7 Å². The molecule has 0 radical (unpaired) electrons. The van der Waals surface area contributed by atoms with Gasteiger partial charge in [0.25, 0.3) is 0 Å². The number of fused-ring (bicyclic) bond motifs is 1. The lowest BCUT2D eigenvalue weighted by atomic mass is 10.2. The van der Waals surface area contributed by atoms with E-state index in [1.807, 2.05) is 11.6 Å². The number of nitrogens with zero attached hydrogens (tertiary/aromatic N) is 1. The molecule has 17 heavy (non-hydrogen) atoms. The fourth-order valence-corrected chi connectivity index (χ4v) is 3.04. The number of nitrogen functional groups attached to an aromatic ring is 1. The second kappa shape index (κ2) is 4.35. The zero-order valence-electron chi connectivity index (χ0n) is 9.01. The van der Waals surface area contributed by atoms with E-state index in [4.69, 9.17) is 5.73 Å². The molecule has 0 bridgehead atoms. The van der Waals surface area contributed by atoms with Crippen LogP contribution in [0, 0.1) is 0 Å². The minimum atomic E-state index is 0.736. The van der Waals surface area contributed by atoms with E-state index in [0.29, 0.717) is 0 Å². The van der Waals surface area contributed by atoms with Gasteiger partial charge in [0.05, 0.1) is 21.6 Å². The van der Waals surface area contributed by atoms with Crippen LogP contribution < -0.4 is 11.1 Å². The molecule has 2 heterocycles. The summed E-state index contributed by atoms with van der Waals surface area (Å²) in [7, 11) is 0. The van der Waals surface area contributed by atoms with E-state index < -0.39 is 0 Å². The number of anilines is 2. The molecule has 0 unspecified atom stereocenters. The van der Waals surface area contributed by atoms with Crippen LogP contribution in [0.2, 0.25) is 0 Å². The third-order valence-electron chi connectivity index (χ3n) is 2.57. The second-order valence-corrected chi connectivity index (χ2v) is 5.58. The van der Waals surface area contributed by atoms with E-state index in [-0.39, 0.29) is 0 Å². The third-order valence-corrected chi connectivity index (χ3v) is 4.25. The fraction of sp³-hybridized carbons (Fsp3) is 0.0833. The molecule has 0 amide bonds. The van der Waals surface area contributed by atoms with Crippen molar-refractivity contribution in [3.63, 3.8) is 0 Å². The fourth-order valence-electron chi connectivity index (χ4n) is 1.70. The van der Waals surface area contributed by atoms with E-state index in [9.17, 15) is 0 Å². The zero-order valence-corrected chi connectivity index (χ0v) is 10.6.